The van der Waals surface area contributed by atoms with E-state index in [1.54, 1.807) is 24.3 Å². The quantitative estimate of drug-likeness (QED) is 0.601. The van der Waals surface area contributed by atoms with Crippen LogP contribution in [0.5, 0.6) is 0 Å². The SMILES string of the molecule is CC#Cc1c(F)cc(-c2ccc(N)cc2)cc1F. The van der Waals surface area contributed by atoms with E-state index in [-0.39, 0.29) is 5.56 Å². The van der Waals surface area contributed by atoms with Crippen molar-refractivity contribution in [1.29, 1.82) is 0 Å². The zero-order valence-corrected chi connectivity index (χ0v) is 9.80. The highest BCUT2D eigenvalue weighted by molar-refractivity contribution is 5.66. The third kappa shape index (κ3) is 2.33. The summed E-state index contributed by atoms with van der Waals surface area (Å²) in [7, 11) is 0. The highest BCUT2D eigenvalue weighted by Gasteiger charge is 2.10. The zero-order chi connectivity index (χ0) is 13.1. The average Bonchev–Trinajstić information content (AvgIpc) is 2.34. The van der Waals surface area contributed by atoms with Gasteiger partial charge < -0.3 is 5.73 Å². The minimum atomic E-state index is -0.656. The molecular formula is C15H11F2N. The van der Waals surface area contributed by atoms with E-state index in [9.17, 15) is 8.78 Å². The number of halogens is 2. The molecule has 0 fully saturated rings. The maximum atomic E-state index is 13.7. The first-order valence-corrected chi connectivity index (χ1v) is 5.39. The van der Waals surface area contributed by atoms with E-state index in [2.05, 4.69) is 11.8 Å². The van der Waals surface area contributed by atoms with Crippen molar-refractivity contribution in [3.05, 3.63) is 53.6 Å². The van der Waals surface area contributed by atoms with Crippen molar-refractivity contribution in [2.24, 2.45) is 0 Å². The van der Waals surface area contributed by atoms with E-state index in [0.717, 1.165) is 0 Å². The van der Waals surface area contributed by atoms with Gasteiger partial charge in [0.05, 0.1) is 5.56 Å². The molecule has 0 aliphatic heterocycles. The largest absolute Gasteiger partial charge is 0.399 e. The van der Waals surface area contributed by atoms with Crippen LogP contribution in [0.2, 0.25) is 0 Å². The molecule has 2 rings (SSSR count). The van der Waals surface area contributed by atoms with Crippen molar-refractivity contribution in [3.63, 3.8) is 0 Å². The van der Waals surface area contributed by atoms with E-state index in [4.69, 9.17) is 5.73 Å². The molecule has 0 heterocycles. The molecule has 0 aromatic heterocycles. The van der Waals surface area contributed by atoms with Gasteiger partial charge in [-0.2, -0.15) is 0 Å². The highest BCUT2D eigenvalue weighted by Crippen LogP contribution is 2.24. The Morgan fingerprint density at radius 1 is 0.944 bits per heavy atom. The van der Waals surface area contributed by atoms with E-state index in [1.165, 1.54) is 19.1 Å². The van der Waals surface area contributed by atoms with Gasteiger partial charge in [0.1, 0.15) is 11.6 Å². The van der Waals surface area contributed by atoms with Crippen molar-refractivity contribution in [2.45, 2.75) is 6.92 Å². The van der Waals surface area contributed by atoms with Crippen LogP contribution < -0.4 is 5.73 Å². The molecule has 0 atom stereocenters. The number of hydrogen-bond donors (Lipinski definition) is 1. The zero-order valence-electron chi connectivity index (χ0n) is 9.80. The number of rotatable bonds is 1. The second-order valence-corrected chi connectivity index (χ2v) is 3.81. The summed E-state index contributed by atoms with van der Waals surface area (Å²) < 4.78 is 27.4. The molecule has 0 radical (unpaired) electrons. The van der Waals surface area contributed by atoms with E-state index >= 15 is 0 Å². The van der Waals surface area contributed by atoms with Gasteiger partial charge in [0.25, 0.3) is 0 Å². The molecule has 0 aliphatic carbocycles. The molecule has 90 valence electrons. The van der Waals surface area contributed by atoms with Gasteiger partial charge in [-0.1, -0.05) is 18.1 Å². The van der Waals surface area contributed by atoms with Gasteiger partial charge >= 0.3 is 0 Å². The number of anilines is 1. The van der Waals surface area contributed by atoms with E-state index < -0.39 is 11.6 Å². The summed E-state index contributed by atoms with van der Waals surface area (Å²) in [5.41, 5.74) is 7.14. The molecule has 0 bridgehead atoms. The first-order chi connectivity index (χ1) is 8.61. The van der Waals surface area contributed by atoms with Crippen LogP contribution in [-0.2, 0) is 0 Å². The number of nitrogens with two attached hydrogens (primary N) is 1. The van der Waals surface area contributed by atoms with E-state index in [0.29, 0.717) is 16.8 Å². The predicted octanol–water partition coefficient (Wildman–Crippen LogP) is 3.59. The lowest BCUT2D eigenvalue weighted by molar-refractivity contribution is 0.578. The van der Waals surface area contributed by atoms with Gasteiger partial charge in [-0.15, -0.1) is 5.92 Å². The third-order valence-electron chi connectivity index (χ3n) is 2.54. The summed E-state index contributed by atoms with van der Waals surface area (Å²) in [6.45, 7) is 1.53. The first kappa shape index (κ1) is 12.1. The second kappa shape index (κ2) is 4.89. The Labute approximate surface area is 104 Å². The Morgan fingerprint density at radius 3 is 2.00 bits per heavy atom. The van der Waals surface area contributed by atoms with Crippen LogP contribution in [0.1, 0.15) is 12.5 Å². The lowest BCUT2D eigenvalue weighted by Gasteiger charge is -2.05. The Hall–Kier alpha value is -2.34. The van der Waals surface area contributed by atoms with Gasteiger partial charge in [-0.25, -0.2) is 8.78 Å². The summed E-state index contributed by atoms with van der Waals surface area (Å²) >= 11 is 0. The van der Waals surface area contributed by atoms with Crippen molar-refractivity contribution in [1.82, 2.24) is 0 Å². The molecule has 0 saturated carbocycles. The predicted molar refractivity (Wildman–Crippen MR) is 68.8 cm³/mol. The third-order valence-corrected chi connectivity index (χ3v) is 2.54. The molecule has 0 aliphatic rings. The Balaban J connectivity index is 2.53. The van der Waals surface area contributed by atoms with E-state index in [1.807, 2.05) is 0 Å². The molecule has 0 amide bonds. The van der Waals surface area contributed by atoms with Gasteiger partial charge in [-0.3, -0.25) is 0 Å². The molecule has 3 heteroatoms. The van der Waals surface area contributed by atoms with Crippen LogP contribution >= 0.6 is 0 Å². The molecular weight excluding hydrogens is 232 g/mol. The van der Waals surface area contributed by atoms with Crippen molar-refractivity contribution >= 4 is 5.69 Å². The van der Waals surface area contributed by atoms with Gasteiger partial charge in [-0.05, 0) is 42.3 Å². The monoisotopic (exact) mass is 243 g/mol. The van der Waals surface area contributed by atoms with Crippen LogP contribution in [-0.4, -0.2) is 0 Å². The Kier molecular flexibility index (Phi) is 3.29. The highest BCUT2D eigenvalue weighted by atomic mass is 19.1. The van der Waals surface area contributed by atoms with Crippen LogP contribution in [0.4, 0.5) is 14.5 Å². The average molecular weight is 243 g/mol. The summed E-state index contributed by atoms with van der Waals surface area (Å²) in [5, 5.41) is 0. The van der Waals surface area contributed by atoms with Crippen LogP contribution in [0.15, 0.2) is 36.4 Å². The topological polar surface area (TPSA) is 26.0 Å². The van der Waals surface area contributed by atoms with Crippen LogP contribution in [0.3, 0.4) is 0 Å². The van der Waals surface area contributed by atoms with Crippen molar-refractivity contribution < 1.29 is 8.78 Å². The van der Waals surface area contributed by atoms with Crippen molar-refractivity contribution in [3.8, 4) is 23.0 Å². The fourth-order valence-electron chi connectivity index (χ4n) is 1.66. The molecule has 2 aromatic carbocycles. The normalized spacial score (nSPS) is 9.72. The number of benzene rings is 2. The second-order valence-electron chi connectivity index (χ2n) is 3.81. The minimum absolute atomic E-state index is 0.198. The van der Waals surface area contributed by atoms with Crippen molar-refractivity contribution in [2.75, 3.05) is 5.73 Å². The Morgan fingerprint density at radius 2 is 1.50 bits per heavy atom. The standard InChI is InChI=1S/C15H11F2N/c1-2-3-13-14(16)8-11(9-15(13)17)10-4-6-12(18)7-5-10/h4-9H,18H2,1H3. The molecule has 0 spiro atoms. The van der Waals surface area contributed by atoms with Gasteiger partial charge in [0, 0.05) is 5.69 Å². The molecule has 2 N–H and O–H groups in total. The lowest BCUT2D eigenvalue weighted by atomic mass is 10.0. The van der Waals surface area contributed by atoms with Crippen LogP contribution in [0, 0.1) is 23.5 Å². The molecule has 0 unspecified atom stereocenters. The number of nitrogen functional groups attached to an aromatic ring is 1. The molecule has 18 heavy (non-hydrogen) atoms. The maximum absolute atomic E-state index is 13.7. The summed E-state index contributed by atoms with van der Waals surface area (Å²) in [5.74, 6) is 3.59. The summed E-state index contributed by atoms with van der Waals surface area (Å²) in [6, 6.07) is 9.35. The number of hydrogen-bond acceptors (Lipinski definition) is 1. The fraction of sp³-hybridized carbons (Fsp3) is 0.0667. The fourth-order valence-corrected chi connectivity index (χ4v) is 1.66. The minimum Gasteiger partial charge on any atom is -0.399 e. The maximum Gasteiger partial charge on any atom is 0.142 e. The lowest BCUT2D eigenvalue weighted by Crippen LogP contribution is -1.92. The summed E-state index contributed by atoms with van der Waals surface area (Å²) in [6.07, 6.45) is 0. The molecule has 2 aromatic rings. The van der Waals surface area contributed by atoms with Gasteiger partial charge in [0.15, 0.2) is 0 Å². The van der Waals surface area contributed by atoms with Crippen LogP contribution in [0.25, 0.3) is 11.1 Å². The smallest absolute Gasteiger partial charge is 0.142 e. The Bertz CT molecular complexity index is 611. The summed E-state index contributed by atoms with van der Waals surface area (Å²) in [4.78, 5) is 0. The first-order valence-electron chi connectivity index (χ1n) is 5.39. The molecule has 1 nitrogen and oxygen atoms in total. The molecule has 0 saturated heterocycles. The van der Waals surface area contributed by atoms with Gasteiger partial charge in [0.2, 0.25) is 0 Å².